The highest BCUT2D eigenvalue weighted by molar-refractivity contribution is 6.31. The lowest BCUT2D eigenvalue weighted by atomic mass is 10.1. The maximum atomic E-state index is 13.2. The minimum Gasteiger partial charge on any atom is -0.399 e. The van der Waals surface area contributed by atoms with E-state index in [1.807, 2.05) is 24.3 Å². The molecule has 0 amide bonds. The molecule has 0 fully saturated rings. The van der Waals surface area contributed by atoms with Crippen molar-refractivity contribution in [1.29, 1.82) is 0 Å². The molecular formula is C15H15ClFNO. The summed E-state index contributed by atoms with van der Waals surface area (Å²) in [7, 11) is 0. The van der Waals surface area contributed by atoms with E-state index >= 15 is 0 Å². The summed E-state index contributed by atoms with van der Waals surface area (Å²) < 4.78 is 18.7. The van der Waals surface area contributed by atoms with Crippen molar-refractivity contribution in [2.24, 2.45) is 0 Å². The van der Waals surface area contributed by atoms with Crippen molar-refractivity contribution in [3.8, 4) is 0 Å². The van der Waals surface area contributed by atoms with Crippen LogP contribution in [0.3, 0.4) is 0 Å². The molecule has 4 heteroatoms. The number of nitrogens with two attached hydrogens (primary N) is 1. The summed E-state index contributed by atoms with van der Waals surface area (Å²) in [5.74, 6) is -0.421. The Balaban J connectivity index is 1.84. The van der Waals surface area contributed by atoms with Crippen LogP contribution in [-0.2, 0) is 17.8 Å². The van der Waals surface area contributed by atoms with Crippen molar-refractivity contribution >= 4 is 17.3 Å². The molecule has 0 saturated carbocycles. The number of rotatable bonds is 5. The summed E-state index contributed by atoms with van der Waals surface area (Å²) in [6, 6.07) is 12.4. The van der Waals surface area contributed by atoms with Crippen molar-refractivity contribution in [2.45, 2.75) is 13.0 Å². The average molecular weight is 280 g/mol. The van der Waals surface area contributed by atoms with Crippen molar-refractivity contribution < 1.29 is 9.13 Å². The van der Waals surface area contributed by atoms with Gasteiger partial charge < -0.3 is 10.5 Å². The number of benzene rings is 2. The lowest BCUT2D eigenvalue weighted by Crippen LogP contribution is -2.02. The van der Waals surface area contributed by atoms with Crippen LogP contribution in [0.1, 0.15) is 11.1 Å². The number of hydrogen-bond donors (Lipinski definition) is 1. The quantitative estimate of drug-likeness (QED) is 0.667. The third-order valence-corrected chi connectivity index (χ3v) is 3.28. The molecule has 0 aliphatic rings. The molecule has 2 aromatic rings. The van der Waals surface area contributed by atoms with Crippen LogP contribution in [0.2, 0.25) is 5.02 Å². The maximum Gasteiger partial charge on any atom is 0.142 e. The Morgan fingerprint density at radius 1 is 1.05 bits per heavy atom. The van der Waals surface area contributed by atoms with Crippen LogP contribution in [0.15, 0.2) is 42.5 Å². The van der Waals surface area contributed by atoms with Gasteiger partial charge >= 0.3 is 0 Å². The highest BCUT2D eigenvalue weighted by Crippen LogP contribution is 2.20. The van der Waals surface area contributed by atoms with E-state index in [9.17, 15) is 4.39 Å². The maximum absolute atomic E-state index is 13.2. The molecule has 2 aromatic carbocycles. The number of anilines is 1. The van der Waals surface area contributed by atoms with E-state index in [4.69, 9.17) is 22.1 Å². The first kappa shape index (κ1) is 13.8. The molecule has 0 saturated heterocycles. The molecule has 2 nitrogen and oxygen atoms in total. The zero-order valence-electron chi connectivity index (χ0n) is 10.4. The van der Waals surface area contributed by atoms with Crippen molar-refractivity contribution in [3.05, 3.63) is 64.4 Å². The Hall–Kier alpha value is -1.58. The molecule has 0 aliphatic heterocycles. The van der Waals surface area contributed by atoms with Gasteiger partial charge in [0.15, 0.2) is 0 Å². The number of hydrogen-bond acceptors (Lipinski definition) is 2. The predicted octanol–water partition coefficient (Wildman–Crippen LogP) is 3.82. The first-order valence-electron chi connectivity index (χ1n) is 6.02. The fourth-order valence-electron chi connectivity index (χ4n) is 1.79. The van der Waals surface area contributed by atoms with Crippen LogP contribution in [0.25, 0.3) is 0 Å². The van der Waals surface area contributed by atoms with Crippen LogP contribution in [-0.4, -0.2) is 6.61 Å². The zero-order chi connectivity index (χ0) is 13.7. The fraction of sp³-hybridized carbons (Fsp3) is 0.200. The first-order chi connectivity index (χ1) is 9.18. The second-order valence-electron chi connectivity index (χ2n) is 4.21. The van der Waals surface area contributed by atoms with E-state index in [1.54, 1.807) is 12.1 Å². The third kappa shape index (κ3) is 3.69. The second-order valence-corrected chi connectivity index (χ2v) is 4.59. The first-order valence-corrected chi connectivity index (χ1v) is 6.40. The van der Waals surface area contributed by atoms with Gasteiger partial charge in [-0.2, -0.15) is 0 Å². The molecule has 0 bridgehead atoms. The molecule has 2 N–H and O–H groups in total. The Kier molecular flexibility index (Phi) is 4.77. The molecular weight excluding hydrogens is 265 g/mol. The minimum absolute atomic E-state index is 0.127. The molecule has 0 atom stereocenters. The van der Waals surface area contributed by atoms with E-state index in [2.05, 4.69) is 0 Å². The summed E-state index contributed by atoms with van der Waals surface area (Å²) >= 11 is 5.84. The molecule has 0 aromatic heterocycles. The Labute approximate surface area is 117 Å². The van der Waals surface area contributed by atoms with Gasteiger partial charge in [-0.3, -0.25) is 0 Å². The average Bonchev–Trinajstić information content (AvgIpc) is 2.41. The SMILES string of the molecule is Nc1ccccc1CCOCc1cccc(F)c1Cl. The molecule has 0 heterocycles. The van der Waals surface area contributed by atoms with Gasteiger partial charge in [0.25, 0.3) is 0 Å². The molecule has 2 rings (SSSR count). The predicted molar refractivity (Wildman–Crippen MR) is 75.6 cm³/mol. The summed E-state index contributed by atoms with van der Waals surface area (Å²) in [6.45, 7) is 0.810. The van der Waals surface area contributed by atoms with Crippen LogP contribution >= 0.6 is 11.6 Å². The number of nitrogen functional groups attached to an aromatic ring is 1. The molecule has 100 valence electrons. The molecule has 0 spiro atoms. The number of halogens is 2. The van der Waals surface area contributed by atoms with Crippen LogP contribution in [0.4, 0.5) is 10.1 Å². The summed E-state index contributed by atoms with van der Waals surface area (Å²) in [5, 5.41) is 0.127. The van der Waals surface area contributed by atoms with E-state index in [0.29, 0.717) is 18.8 Å². The molecule has 0 unspecified atom stereocenters. The highest BCUT2D eigenvalue weighted by Gasteiger charge is 2.05. The van der Waals surface area contributed by atoms with E-state index < -0.39 is 5.82 Å². The van der Waals surface area contributed by atoms with Crippen LogP contribution in [0, 0.1) is 5.82 Å². The molecule has 19 heavy (non-hydrogen) atoms. The van der Waals surface area contributed by atoms with Gasteiger partial charge in [0.05, 0.1) is 18.2 Å². The summed E-state index contributed by atoms with van der Waals surface area (Å²) in [4.78, 5) is 0. The molecule has 0 radical (unpaired) electrons. The lowest BCUT2D eigenvalue weighted by Gasteiger charge is -2.08. The normalized spacial score (nSPS) is 10.6. The van der Waals surface area contributed by atoms with Gasteiger partial charge in [-0.25, -0.2) is 4.39 Å². The summed E-state index contributed by atoms with van der Waals surface area (Å²) in [5.41, 5.74) is 8.29. The van der Waals surface area contributed by atoms with Gasteiger partial charge in [0.2, 0.25) is 0 Å². The fourth-order valence-corrected chi connectivity index (χ4v) is 1.97. The summed E-state index contributed by atoms with van der Waals surface area (Å²) in [6.07, 6.45) is 0.722. The lowest BCUT2D eigenvalue weighted by molar-refractivity contribution is 0.124. The van der Waals surface area contributed by atoms with Crippen molar-refractivity contribution in [1.82, 2.24) is 0 Å². The van der Waals surface area contributed by atoms with Gasteiger partial charge in [-0.1, -0.05) is 41.9 Å². The third-order valence-electron chi connectivity index (χ3n) is 2.86. The van der Waals surface area contributed by atoms with Crippen molar-refractivity contribution in [3.63, 3.8) is 0 Å². The van der Waals surface area contributed by atoms with Crippen molar-refractivity contribution in [2.75, 3.05) is 12.3 Å². The number of para-hydroxylation sites is 1. The van der Waals surface area contributed by atoms with Gasteiger partial charge in [0.1, 0.15) is 5.82 Å². The highest BCUT2D eigenvalue weighted by atomic mass is 35.5. The topological polar surface area (TPSA) is 35.2 Å². The Morgan fingerprint density at radius 3 is 2.58 bits per heavy atom. The van der Waals surface area contributed by atoms with Gasteiger partial charge in [0, 0.05) is 5.69 Å². The molecule has 0 aliphatic carbocycles. The number of ether oxygens (including phenoxy) is 1. The largest absolute Gasteiger partial charge is 0.399 e. The zero-order valence-corrected chi connectivity index (χ0v) is 11.2. The van der Waals surface area contributed by atoms with Crippen LogP contribution in [0.5, 0.6) is 0 Å². The Morgan fingerprint density at radius 2 is 1.79 bits per heavy atom. The Bertz CT molecular complexity index is 560. The monoisotopic (exact) mass is 279 g/mol. The van der Waals surface area contributed by atoms with E-state index in [0.717, 1.165) is 17.7 Å². The van der Waals surface area contributed by atoms with Gasteiger partial charge in [-0.15, -0.1) is 0 Å². The van der Waals surface area contributed by atoms with Crippen LogP contribution < -0.4 is 5.73 Å². The minimum atomic E-state index is -0.421. The second kappa shape index (κ2) is 6.55. The van der Waals surface area contributed by atoms with E-state index in [1.165, 1.54) is 6.07 Å². The smallest absolute Gasteiger partial charge is 0.142 e. The standard InChI is InChI=1S/C15H15ClFNO/c16-15-12(5-3-6-13(15)17)10-19-9-8-11-4-1-2-7-14(11)18/h1-7H,8-10,18H2. The van der Waals surface area contributed by atoms with E-state index in [-0.39, 0.29) is 5.02 Å². The van der Waals surface area contributed by atoms with Gasteiger partial charge in [-0.05, 0) is 29.7 Å².